The molecule has 0 spiro atoms. The molecule has 96 valence electrons. The van der Waals surface area contributed by atoms with Crippen LogP contribution in [0.25, 0.3) is 0 Å². The summed E-state index contributed by atoms with van der Waals surface area (Å²) in [6.07, 6.45) is 4.55. The summed E-state index contributed by atoms with van der Waals surface area (Å²) in [6, 6.07) is 0.426. The van der Waals surface area contributed by atoms with Gasteiger partial charge in [-0.05, 0) is 38.5 Å². The van der Waals surface area contributed by atoms with Crippen LogP contribution in [0.15, 0.2) is 0 Å². The fourth-order valence-corrected chi connectivity index (χ4v) is 4.64. The van der Waals surface area contributed by atoms with Crippen LogP contribution in [0.2, 0.25) is 0 Å². The largest absolute Gasteiger partial charge is 0.326 e. The first-order chi connectivity index (χ1) is 7.61. The van der Waals surface area contributed by atoms with Crippen LogP contribution in [0, 0.1) is 0 Å². The molecular weight excluding hydrogens is 243 g/mol. The first-order valence-corrected chi connectivity index (χ1v) is 8.67. The first-order valence-electron chi connectivity index (χ1n) is 6.03. The number of nitrogens with two attached hydrogens (primary N) is 1. The Morgan fingerprint density at radius 2 is 1.81 bits per heavy atom. The maximum Gasteiger partial charge on any atom is 0.261 e. The van der Waals surface area contributed by atoms with Gasteiger partial charge in [0.25, 0.3) is 6.64 Å². The Balaban J connectivity index is 2.55. The molecule has 0 bridgehead atoms. The zero-order chi connectivity index (χ0) is 12.0. The summed E-state index contributed by atoms with van der Waals surface area (Å²) in [5.74, 6) is 0. The van der Waals surface area contributed by atoms with E-state index in [4.69, 9.17) is 26.6 Å². The normalized spacial score (nSPS) is 26.9. The van der Waals surface area contributed by atoms with Crippen molar-refractivity contribution in [2.24, 2.45) is 5.73 Å². The van der Waals surface area contributed by atoms with Gasteiger partial charge in [0.1, 0.15) is 0 Å². The number of rotatable bonds is 6. The van der Waals surface area contributed by atoms with Gasteiger partial charge in [0.2, 0.25) is 0 Å². The predicted octanol–water partition coefficient (Wildman–Crippen LogP) is 2.14. The van der Waals surface area contributed by atoms with Gasteiger partial charge in [-0.2, -0.15) is 0 Å². The van der Waals surface area contributed by atoms with Crippen molar-refractivity contribution >= 4 is 18.4 Å². The van der Waals surface area contributed by atoms with E-state index in [0.29, 0.717) is 13.2 Å². The highest BCUT2D eigenvalue weighted by molar-refractivity contribution is 8.09. The third-order valence-corrected chi connectivity index (χ3v) is 5.53. The molecule has 1 fully saturated rings. The van der Waals surface area contributed by atoms with Gasteiger partial charge in [0.05, 0.1) is 13.2 Å². The molecule has 1 rings (SSSR count). The molecule has 2 atom stereocenters. The molecule has 0 saturated heterocycles. The summed E-state index contributed by atoms with van der Waals surface area (Å²) in [7, 11) is 0. The molecule has 0 aromatic carbocycles. The molecule has 0 heterocycles. The summed E-state index contributed by atoms with van der Waals surface area (Å²) in [5, 5.41) is 3.34. The van der Waals surface area contributed by atoms with Gasteiger partial charge in [0, 0.05) is 12.1 Å². The van der Waals surface area contributed by atoms with E-state index in [-0.39, 0.29) is 12.1 Å². The lowest BCUT2D eigenvalue weighted by Gasteiger charge is -2.33. The summed E-state index contributed by atoms with van der Waals surface area (Å²) in [4.78, 5) is 0. The molecule has 3 N–H and O–H groups in total. The average Bonchev–Trinajstić information content (AvgIpc) is 2.22. The minimum atomic E-state index is -2.32. The molecule has 1 aliphatic carbocycles. The van der Waals surface area contributed by atoms with Crippen LogP contribution in [-0.2, 0) is 20.9 Å². The van der Waals surface area contributed by atoms with Crippen LogP contribution in [0.1, 0.15) is 39.5 Å². The van der Waals surface area contributed by atoms with E-state index in [0.717, 1.165) is 12.8 Å². The van der Waals surface area contributed by atoms with Crippen molar-refractivity contribution in [2.45, 2.75) is 51.6 Å². The Morgan fingerprint density at radius 1 is 1.25 bits per heavy atom. The van der Waals surface area contributed by atoms with Gasteiger partial charge in [-0.1, -0.05) is 12.8 Å². The third-order valence-electron chi connectivity index (χ3n) is 2.74. The highest BCUT2D eigenvalue weighted by Gasteiger charge is 2.28. The van der Waals surface area contributed by atoms with Crippen molar-refractivity contribution in [3.63, 3.8) is 0 Å². The lowest BCUT2D eigenvalue weighted by atomic mass is 9.92. The molecule has 1 saturated carbocycles. The second kappa shape index (κ2) is 7.04. The highest BCUT2D eigenvalue weighted by Crippen LogP contribution is 2.45. The lowest BCUT2D eigenvalue weighted by molar-refractivity contribution is 0.244. The molecule has 0 unspecified atom stereocenters. The molecule has 0 radical (unpaired) electrons. The summed E-state index contributed by atoms with van der Waals surface area (Å²) >= 11 is 5.43. The molecule has 0 amide bonds. The first kappa shape index (κ1) is 14.6. The van der Waals surface area contributed by atoms with Gasteiger partial charge in [-0.3, -0.25) is 0 Å². The van der Waals surface area contributed by atoms with Gasteiger partial charge < -0.3 is 14.8 Å². The van der Waals surface area contributed by atoms with Gasteiger partial charge >= 0.3 is 0 Å². The second-order valence-electron chi connectivity index (χ2n) is 4.02. The van der Waals surface area contributed by atoms with E-state index in [1.165, 1.54) is 12.8 Å². The monoisotopic (exact) mass is 266 g/mol. The highest BCUT2D eigenvalue weighted by atomic mass is 32.5. The summed E-state index contributed by atoms with van der Waals surface area (Å²) in [5.41, 5.74) is 6.08. The van der Waals surface area contributed by atoms with Crippen LogP contribution >= 0.6 is 6.64 Å². The second-order valence-corrected chi connectivity index (χ2v) is 7.23. The van der Waals surface area contributed by atoms with Crippen LogP contribution in [-0.4, -0.2) is 25.3 Å². The van der Waals surface area contributed by atoms with Crippen molar-refractivity contribution in [1.29, 1.82) is 0 Å². The Kier molecular flexibility index (Phi) is 6.40. The lowest BCUT2D eigenvalue weighted by Crippen LogP contribution is -2.46. The van der Waals surface area contributed by atoms with Crippen molar-refractivity contribution in [1.82, 2.24) is 5.09 Å². The van der Waals surface area contributed by atoms with Crippen molar-refractivity contribution in [3.05, 3.63) is 0 Å². The fourth-order valence-electron chi connectivity index (χ4n) is 1.97. The fraction of sp³-hybridized carbons (Fsp3) is 1.00. The van der Waals surface area contributed by atoms with E-state index < -0.39 is 6.64 Å². The van der Waals surface area contributed by atoms with Crippen LogP contribution in [0.4, 0.5) is 0 Å². The van der Waals surface area contributed by atoms with Gasteiger partial charge in [-0.25, -0.2) is 5.09 Å². The Morgan fingerprint density at radius 3 is 2.31 bits per heavy atom. The molecule has 0 aliphatic heterocycles. The summed E-state index contributed by atoms with van der Waals surface area (Å²) in [6.45, 7) is 2.70. The van der Waals surface area contributed by atoms with E-state index in [9.17, 15) is 0 Å². The molecule has 16 heavy (non-hydrogen) atoms. The molecule has 6 heteroatoms. The van der Waals surface area contributed by atoms with Crippen molar-refractivity contribution < 1.29 is 9.05 Å². The molecule has 4 nitrogen and oxygen atoms in total. The van der Waals surface area contributed by atoms with Crippen LogP contribution < -0.4 is 10.8 Å². The minimum Gasteiger partial charge on any atom is -0.326 e. The minimum absolute atomic E-state index is 0.178. The van der Waals surface area contributed by atoms with E-state index in [1.807, 2.05) is 13.8 Å². The van der Waals surface area contributed by atoms with E-state index in [1.54, 1.807) is 0 Å². The Bertz CT molecular complexity index is 243. The van der Waals surface area contributed by atoms with Crippen LogP contribution in [0.3, 0.4) is 0 Å². The standard InChI is InChI=1S/C10H23N2O2PS/c1-3-13-15(16,14-4-2)12-10-8-6-5-7-9(10)11/h9-10H,3-8,11H2,1-2H3,(H,12,16)/t9-,10-/m1/s1. The smallest absolute Gasteiger partial charge is 0.261 e. The molecule has 0 aromatic heterocycles. The quantitative estimate of drug-likeness (QED) is 0.721. The van der Waals surface area contributed by atoms with Crippen LogP contribution in [0.5, 0.6) is 0 Å². The van der Waals surface area contributed by atoms with E-state index >= 15 is 0 Å². The third kappa shape index (κ3) is 4.40. The number of hydrogen-bond acceptors (Lipinski definition) is 4. The maximum atomic E-state index is 6.08. The zero-order valence-corrected chi connectivity index (χ0v) is 11.9. The zero-order valence-electron chi connectivity index (χ0n) is 10.1. The summed E-state index contributed by atoms with van der Waals surface area (Å²) < 4.78 is 11.1. The van der Waals surface area contributed by atoms with Gasteiger partial charge in [-0.15, -0.1) is 0 Å². The van der Waals surface area contributed by atoms with Gasteiger partial charge in [0.15, 0.2) is 0 Å². The topological polar surface area (TPSA) is 56.5 Å². The van der Waals surface area contributed by atoms with E-state index in [2.05, 4.69) is 5.09 Å². The van der Waals surface area contributed by atoms with Crippen molar-refractivity contribution in [2.75, 3.05) is 13.2 Å². The molecular formula is C10H23N2O2PS. The number of nitrogens with one attached hydrogen (secondary N) is 1. The SMILES string of the molecule is CCOP(=S)(N[C@@H]1CCCC[C@H]1N)OCC. The number of hydrogen-bond donors (Lipinski definition) is 2. The van der Waals surface area contributed by atoms with Crippen molar-refractivity contribution in [3.8, 4) is 0 Å². The molecule has 1 aliphatic rings. The Labute approximate surface area is 103 Å². The maximum absolute atomic E-state index is 6.08. The Hall–Kier alpha value is 0.490. The predicted molar refractivity (Wildman–Crippen MR) is 70.9 cm³/mol. The molecule has 0 aromatic rings. The average molecular weight is 266 g/mol.